The van der Waals surface area contributed by atoms with Crippen molar-refractivity contribution in [2.24, 2.45) is 4.99 Å². The molecule has 0 N–H and O–H groups in total. The molecular weight excluding hydrogens is 504 g/mol. The van der Waals surface area contributed by atoms with Crippen LogP contribution in [0.4, 0.5) is 0 Å². The number of aromatic nitrogens is 1. The van der Waals surface area contributed by atoms with Gasteiger partial charge in [-0.25, -0.2) is 9.79 Å². The van der Waals surface area contributed by atoms with Gasteiger partial charge in [-0.2, -0.15) is 0 Å². The summed E-state index contributed by atoms with van der Waals surface area (Å²) in [5.74, 6) is 0.555. The minimum Gasteiger partial charge on any atom is -0.493 e. The van der Waals surface area contributed by atoms with E-state index < -0.39 is 12.0 Å². The third-order valence-corrected chi connectivity index (χ3v) is 6.99. The number of thiazole rings is 1. The lowest BCUT2D eigenvalue weighted by molar-refractivity contribution is -0.140. The first-order valence-corrected chi connectivity index (χ1v) is 12.2. The van der Waals surface area contributed by atoms with Gasteiger partial charge in [-0.1, -0.05) is 47.2 Å². The van der Waals surface area contributed by atoms with Gasteiger partial charge in [0.05, 0.1) is 36.6 Å². The summed E-state index contributed by atoms with van der Waals surface area (Å²) in [5, 5.41) is 0.425. The number of nitrogens with zero attached hydrogens (tertiary/aromatic N) is 2. The van der Waals surface area contributed by atoms with Crippen molar-refractivity contribution in [3.8, 4) is 11.5 Å². The molecule has 0 aliphatic carbocycles. The lowest BCUT2D eigenvalue weighted by Gasteiger charge is -2.25. The normalized spacial score (nSPS) is 15.4. The topological polar surface area (TPSA) is 88.4 Å². The zero-order valence-corrected chi connectivity index (χ0v) is 21.8. The van der Waals surface area contributed by atoms with Crippen molar-refractivity contribution in [1.29, 1.82) is 0 Å². The number of methoxy groups -OCH3 is 3. The fraction of sp³-hybridized carbons (Fsp3) is 0.269. The number of allylic oxidation sites excluding steroid dienone is 1. The fourth-order valence-corrected chi connectivity index (χ4v) is 5.25. The summed E-state index contributed by atoms with van der Waals surface area (Å²) in [6, 6.07) is 11.7. The third kappa shape index (κ3) is 4.95. The molecule has 0 saturated carbocycles. The number of esters is 1. The Bertz CT molecular complexity index is 1510. The molecule has 0 amide bonds. The maximum Gasteiger partial charge on any atom is 0.338 e. The molecular formula is C26H25ClN2O6S. The van der Waals surface area contributed by atoms with E-state index >= 15 is 0 Å². The molecule has 0 bridgehead atoms. The van der Waals surface area contributed by atoms with Crippen LogP contribution in [0.2, 0.25) is 5.02 Å². The highest BCUT2D eigenvalue weighted by Gasteiger charge is 2.34. The minimum absolute atomic E-state index is 0.0745. The fourth-order valence-electron chi connectivity index (χ4n) is 3.96. The first-order chi connectivity index (χ1) is 17.4. The Labute approximate surface area is 216 Å². The van der Waals surface area contributed by atoms with Crippen LogP contribution in [-0.2, 0) is 14.3 Å². The molecule has 0 saturated heterocycles. The van der Waals surface area contributed by atoms with E-state index in [-0.39, 0.29) is 24.3 Å². The molecule has 0 fully saturated rings. The molecule has 1 aromatic heterocycles. The average molecular weight is 529 g/mol. The van der Waals surface area contributed by atoms with E-state index in [9.17, 15) is 9.59 Å². The molecule has 0 spiro atoms. The van der Waals surface area contributed by atoms with Crippen LogP contribution < -0.4 is 24.4 Å². The number of carbonyl (C=O) groups excluding carboxylic acids is 1. The molecule has 1 aliphatic rings. The van der Waals surface area contributed by atoms with Crippen LogP contribution in [0.15, 0.2) is 63.5 Å². The molecule has 2 aromatic carbocycles. The lowest BCUT2D eigenvalue weighted by Crippen LogP contribution is -2.40. The van der Waals surface area contributed by atoms with E-state index in [1.165, 1.54) is 23.0 Å². The van der Waals surface area contributed by atoms with Gasteiger partial charge in [0, 0.05) is 12.1 Å². The molecule has 0 radical (unpaired) electrons. The van der Waals surface area contributed by atoms with Crippen molar-refractivity contribution in [2.45, 2.75) is 13.0 Å². The Morgan fingerprint density at radius 2 is 1.86 bits per heavy atom. The molecule has 2 heterocycles. The number of carbonyl (C=O) groups is 1. The van der Waals surface area contributed by atoms with Crippen molar-refractivity contribution in [2.75, 3.05) is 34.5 Å². The maximum atomic E-state index is 13.7. The monoisotopic (exact) mass is 528 g/mol. The Kier molecular flexibility index (Phi) is 7.93. The first-order valence-electron chi connectivity index (χ1n) is 11.0. The number of ether oxygens (including phenoxy) is 4. The van der Waals surface area contributed by atoms with Crippen molar-refractivity contribution >= 4 is 35.0 Å². The van der Waals surface area contributed by atoms with Crippen LogP contribution in [-0.4, -0.2) is 45.1 Å². The van der Waals surface area contributed by atoms with Crippen LogP contribution in [0.25, 0.3) is 6.08 Å². The third-order valence-electron chi connectivity index (χ3n) is 5.67. The van der Waals surface area contributed by atoms with Gasteiger partial charge in [0.15, 0.2) is 16.3 Å². The van der Waals surface area contributed by atoms with Gasteiger partial charge in [-0.15, -0.1) is 0 Å². The summed E-state index contributed by atoms with van der Waals surface area (Å²) < 4.78 is 23.0. The van der Waals surface area contributed by atoms with E-state index in [1.807, 2.05) is 12.1 Å². The lowest BCUT2D eigenvalue weighted by atomic mass is 9.96. The SMILES string of the molecule is COCCOC(=O)C1=C(C)N=c2s/c(=C\c3ccc(OC)c(OC)c3)c(=O)n2C1c1ccccc1Cl. The standard InChI is InChI=1S/C26H25ClN2O6S/c1-15-22(25(31)35-12-11-32-2)23(17-7-5-6-8-18(17)27)29-24(30)21(36-26(29)28-15)14-16-9-10-19(33-3)20(13-16)34-4/h5-10,13-14,23H,11-12H2,1-4H3/b21-14-. The van der Waals surface area contributed by atoms with Gasteiger partial charge in [-0.05, 0) is 42.3 Å². The van der Waals surface area contributed by atoms with Gasteiger partial charge in [0.2, 0.25) is 0 Å². The summed E-state index contributed by atoms with van der Waals surface area (Å²) in [7, 11) is 4.63. The predicted octanol–water partition coefficient (Wildman–Crippen LogP) is 3.10. The Balaban J connectivity index is 1.89. The number of benzene rings is 2. The Hall–Kier alpha value is -3.40. The zero-order chi connectivity index (χ0) is 25.8. The largest absolute Gasteiger partial charge is 0.493 e. The van der Waals surface area contributed by atoms with E-state index in [0.717, 1.165) is 5.56 Å². The van der Waals surface area contributed by atoms with E-state index in [2.05, 4.69) is 4.99 Å². The second-order valence-corrected chi connectivity index (χ2v) is 9.26. The smallest absolute Gasteiger partial charge is 0.338 e. The van der Waals surface area contributed by atoms with Crippen molar-refractivity contribution in [3.63, 3.8) is 0 Å². The van der Waals surface area contributed by atoms with Crippen molar-refractivity contribution in [1.82, 2.24) is 4.57 Å². The number of rotatable bonds is 8. The van der Waals surface area contributed by atoms with E-state index in [4.69, 9.17) is 30.5 Å². The molecule has 10 heteroatoms. The van der Waals surface area contributed by atoms with Gasteiger partial charge < -0.3 is 18.9 Å². The summed E-state index contributed by atoms with van der Waals surface area (Å²) in [4.78, 5) is 31.9. The zero-order valence-electron chi connectivity index (χ0n) is 20.2. The van der Waals surface area contributed by atoms with Gasteiger partial charge >= 0.3 is 5.97 Å². The molecule has 1 aliphatic heterocycles. The maximum absolute atomic E-state index is 13.7. The average Bonchev–Trinajstić information content (AvgIpc) is 3.17. The number of hydrogen-bond acceptors (Lipinski definition) is 8. The Morgan fingerprint density at radius 3 is 2.56 bits per heavy atom. The van der Waals surface area contributed by atoms with Gasteiger partial charge in [0.25, 0.3) is 5.56 Å². The molecule has 1 unspecified atom stereocenters. The summed E-state index contributed by atoms with van der Waals surface area (Å²) in [5.41, 5.74) is 1.77. The summed E-state index contributed by atoms with van der Waals surface area (Å²) >= 11 is 7.78. The molecule has 3 aromatic rings. The molecule has 188 valence electrons. The first kappa shape index (κ1) is 25.7. The second kappa shape index (κ2) is 11.1. The quantitative estimate of drug-likeness (QED) is 0.330. The highest BCUT2D eigenvalue weighted by atomic mass is 35.5. The van der Waals surface area contributed by atoms with Crippen LogP contribution in [0.5, 0.6) is 11.5 Å². The van der Waals surface area contributed by atoms with E-state index in [0.29, 0.717) is 37.1 Å². The molecule has 8 nitrogen and oxygen atoms in total. The highest BCUT2D eigenvalue weighted by Crippen LogP contribution is 2.34. The Morgan fingerprint density at radius 1 is 1.11 bits per heavy atom. The minimum atomic E-state index is -0.794. The summed E-state index contributed by atoms with van der Waals surface area (Å²) in [6.45, 7) is 2.05. The highest BCUT2D eigenvalue weighted by molar-refractivity contribution is 7.07. The predicted molar refractivity (Wildman–Crippen MR) is 138 cm³/mol. The van der Waals surface area contributed by atoms with Crippen molar-refractivity contribution < 1.29 is 23.7 Å². The summed E-state index contributed by atoms with van der Waals surface area (Å²) in [6.07, 6.45) is 1.76. The van der Waals surface area contributed by atoms with E-state index in [1.54, 1.807) is 57.6 Å². The molecule has 1 atom stereocenters. The van der Waals surface area contributed by atoms with Crippen molar-refractivity contribution in [3.05, 3.63) is 89.6 Å². The van der Waals surface area contributed by atoms with Crippen LogP contribution >= 0.6 is 22.9 Å². The van der Waals surface area contributed by atoms with Gasteiger partial charge in [-0.3, -0.25) is 9.36 Å². The van der Waals surface area contributed by atoms with Crippen LogP contribution in [0, 0.1) is 0 Å². The number of fused-ring (bicyclic) bond motifs is 1. The molecule has 36 heavy (non-hydrogen) atoms. The second-order valence-electron chi connectivity index (χ2n) is 7.85. The molecule has 4 rings (SSSR count). The number of halogens is 1. The number of hydrogen-bond donors (Lipinski definition) is 0. The van der Waals surface area contributed by atoms with Crippen LogP contribution in [0.3, 0.4) is 0 Å². The van der Waals surface area contributed by atoms with Crippen LogP contribution in [0.1, 0.15) is 24.1 Å². The van der Waals surface area contributed by atoms with Gasteiger partial charge in [0.1, 0.15) is 12.6 Å².